The Hall–Kier alpha value is -1.51. The van der Waals surface area contributed by atoms with E-state index in [0.29, 0.717) is 24.9 Å². The van der Waals surface area contributed by atoms with Gasteiger partial charge in [0, 0.05) is 6.42 Å². The molecule has 4 N–H and O–H groups in total. The van der Waals surface area contributed by atoms with Gasteiger partial charge in [-0.3, -0.25) is 0 Å². The van der Waals surface area contributed by atoms with E-state index >= 15 is 0 Å². The maximum absolute atomic E-state index is 11.4. The highest BCUT2D eigenvalue weighted by Crippen LogP contribution is 2.54. The molecule has 0 spiro atoms. The molecule has 2 saturated heterocycles. The highest BCUT2D eigenvalue weighted by atomic mass is 16.7. The number of hydrogen-bond acceptors (Lipinski definition) is 6. The maximum atomic E-state index is 11.4. The largest absolute Gasteiger partial charge is 0.478 e. The topological polar surface area (TPSA) is 116 Å². The second kappa shape index (κ2) is 8.93. The zero-order valence-corrected chi connectivity index (χ0v) is 18.0. The fraction of sp³-hybridized carbons (Fsp3) is 0.696. The maximum Gasteiger partial charge on any atom is 0.335 e. The molecule has 0 radical (unpaired) electrons. The van der Waals surface area contributed by atoms with Crippen molar-refractivity contribution >= 4 is 5.97 Å². The third kappa shape index (κ3) is 4.55. The molecule has 1 saturated carbocycles. The van der Waals surface area contributed by atoms with Gasteiger partial charge in [0.25, 0.3) is 0 Å². The summed E-state index contributed by atoms with van der Waals surface area (Å²) in [5.74, 6) is -0.954. The van der Waals surface area contributed by atoms with E-state index in [1.165, 1.54) is 12.1 Å². The Balaban J connectivity index is 0.000000199. The van der Waals surface area contributed by atoms with Crippen LogP contribution in [0.1, 0.15) is 62.4 Å². The van der Waals surface area contributed by atoms with Crippen LogP contribution in [0.3, 0.4) is 0 Å². The average molecular weight is 423 g/mol. The van der Waals surface area contributed by atoms with E-state index in [1.54, 1.807) is 19.1 Å². The van der Waals surface area contributed by atoms with Crippen LogP contribution in [0.5, 0.6) is 0 Å². The molecule has 7 atom stereocenters. The van der Waals surface area contributed by atoms with Crippen LogP contribution in [0.15, 0.2) is 24.3 Å². The summed E-state index contributed by atoms with van der Waals surface area (Å²) >= 11 is 0. The molecule has 7 heteroatoms. The molecule has 3 aliphatic rings. The van der Waals surface area contributed by atoms with Crippen molar-refractivity contribution in [2.45, 2.75) is 70.7 Å². The Bertz CT molecular complexity index is 732. The molecule has 1 aromatic rings. The summed E-state index contributed by atoms with van der Waals surface area (Å²) in [6.45, 7) is 6.58. The molecule has 1 aromatic carbocycles. The standard InChI is InChI=1S/C15H26O4.C8H8O3/c1-9-4-5-11-10(2)8-18-13-15(11,17)12(9)6-7-14(3,16)19-13;9-5-6-1-3-7(4-2-6)8(10)11/h9-13,16-17H,4-8H2,1-3H3;1-4,9H,5H2,(H,10,11)/t9?,10-,11?,12?,13?,14?,15?;/m0./s1. The smallest absolute Gasteiger partial charge is 0.335 e. The van der Waals surface area contributed by atoms with Gasteiger partial charge in [0.05, 0.1) is 18.8 Å². The minimum absolute atomic E-state index is 0.0557. The Labute approximate surface area is 177 Å². The first kappa shape index (κ1) is 23.2. The molecule has 0 amide bonds. The zero-order valence-electron chi connectivity index (χ0n) is 18.0. The SMILES string of the molecule is CC1CCC2[C@@H](C)COC3OC(C)(O)CCC1C32O.O=C(O)c1ccc(CO)cc1. The molecule has 2 heterocycles. The van der Waals surface area contributed by atoms with Gasteiger partial charge >= 0.3 is 5.97 Å². The van der Waals surface area contributed by atoms with Gasteiger partial charge < -0.3 is 29.9 Å². The van der Waals surface area contributed by atoms with Gasteiger partial charge in [0.2, 0.25) is 0 Å². The van der Waals surface area contributed by atoms with Crippen molar-refractivity contribution in [2.75, 3.05) is 6.61 Å². The predicted octanol–water partition coefficient (Wildman–Crippen LogP) is 2.77. The number of carbonyl (C=O) groups is 1. The van der Waals surface area contributed by atoms with Gasteiger partial charge in [0.1, 0.15) is 5.60 Å². The second-order valence-electron chi connectivity index (χ2n) is 9.29. The summed E-state index contributed by atoms with van der Waals surface area (Å²) in [4.78, 5) is 10.3. The molecule has 4 rings (SSSR count). The molecule has 30 heavy (non-hydrogen) atoms. The van der Waals surface area contributed by atoms with E-state index in [2.05, 4.69) is 13.8 Å². The normalized spacial score (nSPS) is 40.4. The lowest BCUT2D eigenvalue weighted by atomic mass is 9.58. The molecule has 0 aromatic heterocycles. The van der Waals surface area contributed by atoms with Gasteiger partial charge in [-0.2, -0.15) is 0 Å². The molecule has 168 valence electrons. The summed E-state index contributed by atoms with van der Waals surface area (Å²) < 4.78 is 11.5. The number of aliphatic hydroxyl groups excluding tert-OH is 1. The van der Waals surface area contributed by atoms with Gasteiger partial charge in [-0.15, -0.1) is 0 Å². The molecular weight excluding hydrogens is 388 g/mol. The summed E-state index contributed by atoms with van der Waals surface area (Å²) in [5.41, 5.74) is 0.0210. The zero-order chi connectivity index (χ0) is 22.1. The van der Waals surface area contributed by atoms with Gasteiger partial charge in [-0.1, -0.05) is 26.0 Å². The molecule has 0 bridgehead atoms. The van der Waals surface area contributed by atoms with Crippen molar-refractivity contribution in [3.05, 3.63) is 35.4 Å². The minimum atomic E-state index is -1.19. The van der Waals surface area contributed by atoms with Crippen LogP contribution in [0.25, 0.3) is 0 Å². The molecular formula is C23H34O7. The Kier molecular flexibility index (Phi) is 6.89. The van der Waals surface area contributed by atoms with Gasteiger partial charge in [-0.25, -0.2) is 4.79 Å². The van der Waals surface area contributed by atoms with Crippen molar-refractivity contribution in [3.8, 4) is 0 Å². The Morgan fingerprint density at radius 3 is 2.30 bits per heavy atom. The van der Waals surface area contributed by atoms with Gasteiger partial charge in [-0.05, 0) is 67.6 Å². The average Bonchev–Trinajstić information content (AvgIpc) is 2.80. The summed E-state index contributed by atoms with van der Waals surface area (Å²) in [6.07, 6.45) is 2.86. The fourth-order valence-electron chi connectivity index (χ4n) is 5.29. The third-order valence-electron chi connectivity index (χ3n) is 7.05. The van der Waals surface area contributed by atoms with Gasteiger partial charge in [0.15, 0.2) is 12.1 Å². The molecule has 2 aliphatic heterocycles. The molecule has 6 unspecified atom stereocenters. The first-order valence-corrected chi connectivity index (χ1v) is 10.8. The number of benzene rings is 1. The molecule has 7 nitrogen and oxygen atoms in total. The first-order chi connectivity index (χ1) is 14.1. The number of hydrogen-bond donors (Lipinski definition) is 4. The first-order valence-electron chi connectivity index (χ1n) is 10.8. The van der Waals surface area contributed by atoms with E-state index < -0.39 is 23.6 Å². The summed E-state index contributed by atoms with van der Waals surface area (Å²) in [6, 6.07) is 6.11. The third-order valence-corrected chi connectivity index (χ3v) is 7.05. The number of aromatic carboxylic acids is 1. The van der Waals surface area contributed by atoms with Crippen LogP contribution in [0.4, 0.5) is 0 Å². The number of rotatable bonds is 2. The van der Waals surface area contributed by atoms with Crippen molar-refractivity contribution in [1.29, 1.82) is 0 Å². The van der Waals surface area contributed by atoms with Crippen molar-refractivity contribution in [1.82, 2.24) is 0 Å². The summed E-state index contributed by atoms with van der Waals surface area (Å²) in [5, 5.41) is 38.7. The summed E-state index contributed by atoms with van der Waals surface area (Å²) in [7, 11) is 0. The van der Waals surface area contributed by atoms with Crippen LogP contribution in [-0.2, 0) is 16.1 Å². The second-order valence-corrected chi connectivity index (χ2v) is 9.29. The van der Waals surface area contributed by atoms with E-state index in [1.807, 2.05) is 0 Å². The van der Waals surface area contributed by atoms with E-state index in [0.717, 1.165) is 24.8 Å². The number of carboxylic acids is 1. The minimum Gasteiger partial charge on any atom is -0.478 e. The Morgan fingerprint density at radius 1 is 1.07 bits per heavy atom. The van der Waals surface area contributed by atoms with E-state index in [-0.39, 0.29) is 24.0 Å². The number of ether oxygens (including phenoxy) is 2. The van der Waals surface area contributed by atoms with Crippen molar-refractivity contribution < 1.29 is 34.7 Å². The Morgan fingerprint density at radius 2 is 1.70 bits per heavy atom. The van der Waals surface area contributed by atoms with Crippen LogP contribution in [0, 0.1) is 23.7 Å². The van der Waals surface area contributed by atoms with Crippen LogP contribution >= 0.6 is 0 Å². The lowest BCUT2D eigenvalue weighted by Crippen LogP contribution is -2.64. The van der Waals surface area contributed by atoms with Crippen molar-refractivity contribution in [3.63, 3.8) is 0 Å². The monoisotopic (exact) mass is 422 g/mol. The highest BCUT2D eigenvalue weighted by molar-refractivity contribution is 5.87. The lowest BCUT2D eigenvalue weighted by Gasteiger charge is -2.55. The number of carboxylic acid groups (broad SMARTS) is 1. The van der Waals surface area contributed by atoms with E-state index in [9.17, 15) is 15.0 Å². The van der Waals surface area contributed by atoms with Crippen LogP contribution in [-0.4, -0.2) is 50.7 Å². The van der Waals surface area contributed by atoms with E-state index in [4.69, 9.17) is 19.7 Å². The predicted molar refractivity (Wildman–Crippen MR) is 109 cm³/mol. The molecule has 1 aliphatic carbocycles. The number of aliphatic hydroxyl groups is 3. The quantitative estimate of drug-likeness (QED) is 0.579. The molecule has 3 fully saturated rings. The van der Waals surface area contributed by atoms with Crippen LogP contribution < -0.4 is 0 Å². The van der Waals surface area contributed by atoms with Crippen LogP contribution in [0.2, 0.25) is 0 Å². The fourth-order valence-corrected chi connectivity index (χ4v) is 5.29. The highest BCUT2D eigenvalue weighted by Gasteiger charge is 2.61. The van der Waals surface area contributed by atoms with Crippen molar-refractivity contribution in [2.24, 2.45) is 23.7 Å². The lowest BCUT2D eigenvalue weighted by molar-refractivity contribution is -0.363.